The van der Waals surface area contributed by atoms with Gasteiger partial charge in [0.2, 0.25) is 0 Å². The number of aromatic nitrogens is 3. The molecule has 0 bridgehead atoms. The second-order valence-corrected chi connectivity index (χ2v) is 8.29. The molecule has 164 valence electrons. The molecule has 1 heterocycles. The Morgan fingerprint density at radius 3 is 2.23 bits per heavy atom. The minimum Gasteiger partial charge on any atom is -0.480 e. The van der Waals surface area contributed by atoms with E-state index >= 15 is 0 Å². The van der Waals surface area contributed by atoms with Gasteiger partial charge >= 0.3 is 22.9 Å². The first kappa shape index (κ1) is 22.1. The lowest BCUT2D eigenvalue weighted by molar-refractivity contribution is -0.0436. The summed E-state index contributed by atoms with van der Waals surface area (Å²) in [5.41, 5.74) is -6.64. The summed E-state index contributed by atoms with van der Waals surface area (Å²) in [4.78, 5) is 26.7. The van der Waals surface area contributed by atoms with Crippen LogP contribution >= 0.6 is 0 Å². The summed E-state index contributed by atoms with van der Waals surface area (Å²) in [5.74, 6) is 0.308. The normalized spacial score (nSPS) is 12.0. The maximum atomic E-state index is 12.6. The molecule has 0 amide bonds. The number of sulfone groups is 1. The van der Waals surface area contributed by atoms with Crippen LogP contribution in [-0.2, 0) is 16.9 Å². The zero-order valence-electron chi connectivity index (χ0n) is 15.9. The molecule has 0 aliphatic carbocycles. The van der Waals surface area contributed by atoms with Crippen molar-refractivity contribution in [3.63, 3.8) is 0 Å². The first-order valence-corrected chi connectivity index (χ1v) is 9.90. The number of aryl methyl sites for hydroxylation is 1. The van der Waals surface area contributed by atoms with Crippen LogP contribution < -0.4 is 16.1 Å². The van der Waals surface area contributed by atoms with Crippen molar-refractivity contribution >= 4 is 9.84 Å². The fourth-order valence-corrected chi connectivity index (χ4v) is 3.35. The van der Waals surface area contributed by atoms with Gasteiger partial charge in [-0.2, -0.15) is 13.2 Å². The van der Waals surface area contributed by atoms with E-state index in [4.69, 9.17) is 4.74 Å². The van der Waals surface area contributed by atoms with Crippen molar-refractivity contribution in [3.8, 4) is 23.2 Å². The van der Waals surface area contributed by atoms with Crippen LogP contribution in [0.25, 0.3) is 5.69 Å². The van der Waals surface area contributed by atoms with Gasteiger partial charge in [0.05, 0.1) is 10.6 Å². The van der Waals surface area contributed by atoms with Crippen molar-refractivity contribution in [3.05, 3.63) is 69.0 Å². The van der Waals surface area contributed by atoms with Crippen molar-refractivity contribution in [2.24, 2.45) is 7.05 Å². The van der Waals surface area contributed by atoms with Gasteiger partial charge in [0.15, 0.2) is 0 Å². The molecule has 1 aromatic heterocycles. The van der Waals surface area contributed by atoms with Gasteiger partial charge in [-0.25, -0.2) is 22.6 Å². The van der Waals surface area contributed by atoms with Crippen LogP contribution in [0.4, 0.5) is 13.2 Å². The molecule has 3 rings (SSSR count). The molecular formula is C18H14F3N3O6S. The van der Waals surface area contributed by atoms with Crippen LogP contribution in [0.15, 0.2) is 56.9 Å². The van der Waals surface area contributed by atoms with E-state index in [1.54, 1.807) is 6.92 Å². The Kier molecular flexibility index (Phi) is 5.40. The molecule has 3 aromatic rings. The standard InChI is InChI=1S/C18H14F3N3O6S/c1-10-9-11(24-16(26)22-15(25)23(2)17(24)27)3-8-14(10)30-12-4-6-13(7-5-12)31(28,29)18(19,20)21/h3-9H,1-2H3,(H,22,25,26). The van der Waals surface area contributed by atoms with Gasteiger partial charge in [0, 0.05) is 7.05 Å². The molecule has 2 aromatic carbocycles. The fourth-order valence-electron chi connectivity index (χ4n) is 2.58. The summed E-state index contributed by atoms with van der Waals surface area (Å²) in [5, 5.41) is 9.45. The Hall–Kier alpha value is -3.61. The van der Waals surface area contributed by atoms with Crippen LogP contribution in [0.2, 0.25) is 0 Å². The summed E-state index contributed by atoms with van der Waals surface area (Å²) < 4.78 is 67.7. The van der Waals surface area contributed by atoms with Gasteiger partial charge in [-0.05, 0) is 55.0 Å². The van der Waals surface area contributed by atoms with Crippen molar-refractivity contribution in [1.29, 1.82) is 0 Å². The summed E-state index contributed by atoms with van der Waals surface area (Å²) in [6.07, 6.45) is 0. The molecule has 0 aliphatic rings. The van der Waals surface area contributed by atoms with Crippen LogP contribution in [0, 0.1) is 6.92 Å². The monoisotopic (exact) mass is 457 g/mol. The molecule has 0 saturated heterocycles. The van der Waals surface area contributed by atoms with E-state index in [-0.39, 0.29) is 17.2 Å². The van der Waals surface area contributed by atoms with Gasteiger partial charge < -0.3 is 9.84 Å². The second kappa shape index (κ2) is 7.58. The first-order valence-electron chi connectivity index (χ1n) is 8.42. The van der Waals surface area contributed by atoms with Crippen molar-refractivity contribution in [2.75, 3.05) is 0 Å². The Morgan fingerprint density at radius 2 is 1.68 bits per heavy atom. The number of aromatic hydroxyl groups is 1. The molecule has 31 heavy (non-hydrogen) atoms. The van der Waals surface area contributed by atoms with E-state index in [1.807, 2.05) is 0 Å². The second-order valence-electron chi connectivity index (χ2n) is 6.34. The molecule has 1 N–H and O–H groups in total. The third-order valence-electron chi connectivity index (χ3n) is 4.25. The molecule has 0 aliphatic heterocycles. The number of benzene rings is 2. The molecule has 0 unspecified atom stereocenters. The number of hydrogen-bond acceptors (Lipinski definition) is 7. The van der Waals surface area contributed by atoms with Crippen molar-refractivity contribution in [2.45, 2.75) is 17.3 Å². The Balaban J connectivity index is 1.92. The average molecular weight is 457 g/mol. The third-order valence-corrected chi connectivity index (χ3v) is 5.75. The largest absolute Gasteiger partial charge is 0.501 e. The Morgan fingerprint density at radius 1 is 1.06 bits per heavy atom. The van der Waals surface area contributed by atoms with Gasteiger partial charge in [-0.15, -0.1) is 4.98 Å². The number of ether oxygens (including phenoxy) is 1. The zero-order valence-corrected chi connectivity index (χ0v) is 16.7. The molecular weight excluding hydrogens is 443 g/mol. The van der Waals surface area contributed by atoms with Gasteiger partial charge in [0.1, 0.15) is 11.5 Å². The number of alkyl halides is 3. The van der Waals surface area contributed by atoms with Gasteiger partial charge in [-0.3, -0.25) is 4.57 Å². The topological polar surface area (TPSA) is 120 Å². The summed E-state index contributed by atoms with van der Waals surface area (Å²) >= 11 is 0. The minimum atomic E-state index is -5.47. The molecule has 13 heteroatoms. The van der Waals surface area contributed by atoms with Gasteiger partial charge in [0.25, 0.3) is 9.84 Å². The van der Waals surface area contributed by atoms with E-state index in [1.165, 1.54) is 25.2 Å². The van der Waals surface area contributed by atoms with Crippen molar-refractivity contribution < 1.29 is 31.4 Å². The molecule has 0 atom stereocenters. The fraction of sp³-hybridized carbons (Fsp3) is 0.167. The van der Waals surface area contributed by atoms with E-state index in [2.05, 4.69) is 4.98 Å². The molecule has 0 spiro atoms. The lowest BCUT2D eigenvalue weighted by Gasteiger charge is -2.13. The zero-order chi connectivity index (χ0) is 23.1. The lowest BCUT2D eigenvalue weighted by Crippen LogP contribution is -2.39. The number of halogens is 3. The number of hydrogen-bond donors (Lipinski definition) is 1. The highest BCUT2D eigenvalue weighted by Crippen LogP contribution is 2.32. The first-order chi connectivity index (χ1) is 14.3. The molecule has 0 radical (unpaired) electrons. The highest BCUT2D eigenvalue weighted by molar-refractivity contribution is 7.92. The van der Waals surface area contributed by atoms with E-state index in [0.29, 0.717) is 5.56 Å². The van der Waals surface area contributed by atoms with Crippen LogP contribution in [-0.4, -0.2) is 33.2 Å². The highest BCUT2D eigenvalue weighted by atomic mass is 32.2. The van der Waals surface area contributed by atoms with Gasteiger partial charge in [-0.1, -0.05) is 0 Å². The minimum absolute atomic E-state index is 0.0661. The maximum Gasteiger partial charge on any atom is 0.501 e. The highest BCUT2D eigenvalue weighted by Gasteiger charge is 2.46. The predicted octanol–water partition coefficient (Wildman–Crippen LogP) is 2.03. The molecule has 0 saturated carbocycles. The van der Waals surface area contributed by atoms with E-state index < -0.39 is 37.6 Å². The summed E-state index contributed by atoms with van der Waals surface area (Å²) in [6, 6.07) is 7.14. The quantitative estimate of drug-likeness (QED) is 0.636. The summed E-state index contributed by atoms with van der Waals surface area (Å²) in [7, 11) is -4.24. The third kappa shape index (κ3) is 4.03. The molecule has 0 fully saturated rings. The number of rotatable bonds is 4. The van der Waals surface area contributed by atoms with Crippen LogP contribution in [0.5, 0.6) is 17.5 Å². The van der Waals surface area contributed by atoms with E-state index in [9.17, 15) is 36.3 Å². The lowest BCUT2D eigenvalue weighted by atomic mass is 10.2. The summed E-state index contributed by atoms with van der Waals surface area (Å²) in [6.45, 7) is 1.59. The predicted molar refractivity (Wildman–Crippen MR) is 101 cm³/mol. The van der Waals surface area contributed by atoms with Crippen LogP contribution in [0.3, 0.4) is 0 Å². The average Bonchev–Trinajstić information content (AvgIpc) is 2.68. The van der Waals surface area contributed by atoms with E-state index in [0.717, 1.165) is 33.4 Å². The smallest absolute Gasteiger partial charge is 0.480 e. The van der Waals surface area contributed by atoms with Crippen LogP contribution in [0.1, 0.15) is 5.56 Å². The Bertz CT molecular complexity index is 1380. The maximum absolute atomic E-state index is 12.6. The van der Waals surface area contributed by atoms with Crippen molar-refractivity contribution in [1.82, 2.24) is 14.1 Å². The SMILES string of the molecule is Cc1cc(-n2c(=O)nc(O)n(C)c2=O)ccc1Oc1ccc(S(=O)(=O)C(F)(F)F)cc1. The number of nitrogens with zero attached hydrogens (tertiary/aromatic N) is 3. The Labute approximate surface area is 172 Å². The molecule has 9 nitrogen and oxygen atoms in total.